The molecule has 18 heavy (non-hydrogen) atoms. The second-order valence-corrected chi connectivity index (χ2v) is 4.17. The van der Waals surface area contributed by atoms with E-state index in [1.807, 2.05) is 0 Å². The topological polar surface area (TPSA) is 37.4 Å². The molecule has 0 unspecified atom stereocenters. The van der Waals surface area contributed by atoms with E-state index in [-0.39, 0.29) is 31.7 Å². The summed E-state index contributed by atoms with van der Waals surface area (Å²) in [5.74, 6) is -1.20. The molecule has 0 aliphatic carbocycles. The molecule has 1 fully saturated rings. The highest BCUT2D eigenvalue weighted by Gasteiger charge is 2.25. The molecule has 0 aromatic heterocycles. The van der Waals surface area contributed by atoms with Gasteiger partial charge in [-0.3, -0.25) is 14.5 Å². The summed E-state index contributed by atoms with van der Waals surface area (Å²) in [4.78, 5) is 24.6. The predicted octanol–water partition coefficient (Wildman–Crippen LogP) is 2.55. The van der Waals surface area contributed by atoms with Crippen molar-refractivity contribution in [2.75, 3.05) is 6.54 Å². The Hall–Kier alpha value is -1.64. The molecule has 1 aliphatic heterocycles. The van der Waals surface area contributed by atoms with Crippen molar-refractivity contribution >= 4 is 11.8 Å². The van der Waals surface area contributed by atoms with Crippen LogP contribution in [0.5, 0.6) is 0 Å². The smallest absolute Gasteiger partial charge is 0.229 e. The van der Waals surface area contributed by atoms with Gasteiger partial charge in [-0.15, -0.1) is 0 Å². The summed E-state index contributed by atoms with van der Waals surface area (Å²) in [6, 6.07) is 8.50. The second-order valence-electron chi connectivity index (χ2n) is 4.17. The minimum absolute atomic E-state index is 0.127. The van der Waals surface area contributed by atoms with Crippen LogP contribution in [0.3, 0.4) is 0 Å². The van der Waals surface area contributed by atoms with Crippen LogP contribution in [0.4, 0.5) is 0 Å². The zero-order chi connectivity index (χ0) is 16.4. The van der Waals surface area contributed by atoms with Crippen molar-refractivity contribution in [2.24, 2.45) is 0 Å². The molecule has 3 heteroatoms. The zero-order valence-corrected chi connectivity index (χ0v) is 10.2. The summed E-state index contributed by atoms with van der Waals surface area (Å²) in [7, 11) is 0. The summed E-state index contributed by atoms with van der Waals surface area (Å²) in [6.45, 7) is 0.253. The quantitative estimate of drug-likeness (QED) is 0.804. The van der Waals surface area contributed by atoms with Crippen LogP contribution in [-0.2, 0) is 16.0 Å². The molecule has 0 atom stereocenters. The Balaban J connectivity index is 2.03. The molecular weight excluding hydrogens is 226 g/mol. The molecule has 1 saturated heterocycles. The molecule has 1 heterocycles. The van der Waals surface area contributed by atoms with E-state index in [1.165, 1.54) is 0 Å². The highest BCUT2D eigenvalue weighted by Crippen LogP contribution is 2.13. The summed E-state index contributed by atoms with van der Waals surface area (Å²) in [6.07, 6.45) is -3.51. The van der Waals surface area contributed by atoms with Crippen LogP contribution in [-0.4, -0.2) is 23.3 Å². The van der Waals surface area contributed by atoms with Crippen LogP contribution in [0.1, 0.15) is 43.1 Å². The van der Waals surface area contributed by atoms with Crippen molar-refractivity contribution in [2.45, 2.75) is 38.4 Å². The molecule has 3 nitrogen and oxygen atoms in total. The number of hydrogen-bond donors (Lipinski definition) is 0. The molecule has 0 spiro atoms. The lowest BCUT2D eigenvalue weighted by molar-refractivity contribution is -0.141. The van der Waals surface area contributed by atoms with E-state index in [1.54, 1.807) is 30.3 Å². The Bertz CT molecular complexity index is 560. The van der Waals surface area contributed by atoms with E-state index >= 15 is 0 Å². The number of carbonyl (C=O) groups excluding carboxylic acids is 2. The van der Waals surface area contributed by atoms with Gasteiger partial charge < -0.3 is 0 Å². The summed E-state index contributed by atoms with van der Waals surface area (Å²) in [5, 5.41) is 0. The predicted molar refractivity (Wildman–Crippen MR) is 70.0 cm³/mol. The van der Waals surface area contributed by atoms with E-state index < -0.39 is 18.7 Å². The third kappa shape index (κ3) is 3.42. The van der Waals surface area contributed by atoms with Crippen molar-refractivity contribution in [1.29, 1.82) is 0 Å². The number of hydrogen-bond acceptors (Lipinski definition) is 2. The van der Waals surface area contributed by atoms with Gasteiger partial charge in [0.2, 0.25) is 11.8 Å². The first-order chi connectivity index (χ1) is 10.2. The number of amides is 2. The third-order valence-electron chi connectivity index (χ3n) is 2.82. The van der Waals surface area contributed by atoms with Gasteiger partial charge in [0.05, 0.1) is 0 Å². The number of rotatable bonds is 5. The lowest BCUT2D eigenvalue weighted by Crippen LogP contribution is -2.31. The molecule has 1 aliphatic rings. The van der Waals surface area contributed by atoms with Gasteiger partial charge in [-0.25, -0.2) is 0 Å². The molecule has 96 valence electrons. The maximum atomic E-state index is 12.1. The van der Waals surface area contributed by atoms with Crippen LogP contribution in [0.2, 0.25) is 0 Å². The van der Waals surface area contributed by atoms with Gasteiger partial charge >= 0.3 is 0 Å². The molecule has 1 aromatic rings. The van der Waals surface area contributed by atoms with Gasteiger partial charge in [-0.2, -0.15) is 0 Å². The molecule has 1 aromatic carbocycles. The maximum Gasteiger partial charge on any atom is 0.229 e. The van der Waals surface area contributed by atoms with Crippen molar-refractivity contribution in [3.05, 3.63) is 35.9 Å². The Labute approximate surface area is 113 Å². The van der Waals surface area contributed by atoms with E-state index in [4.69, 9.17) is 5.48 Å². The van der Waals surface area contributed by atoms with E-state index in [2.05, 4.69) is 0 Å². The first kappa shape index (κ1) is 8.46. The van der Waals surface area contributed by atoms with E-state index in [0.717, 1.165) is 4.90 Å². The Kier molecular flexibility index (Phi) is 2.98. The molecule has 2 rings (SSSR count). The molecule has 0 radical (unpaired) electrons. The fraction of sp³-hybridized carbons (Fsp3) is 0.467. The van der Waals surface area contributed by atoms with E-state index in [9.17, 15) is 9.59 Å². The Morgan fingerprint density at radius 3 is 2.72 bits per heavy atom. The standard InChI is InChI=1S/C15H19NO2/c17-14(16-12-6-11-15(16)18)10-5-4-9-13-7-2-1-3-8-13/h1-3,7-8H,4-6,9-12H2/i9D2,10D2. The van der Waals surface area contributed by atoms with Crippen molar-refractivity contribution in [1.82, 2.24) is 4.90 Å². The minimum Gasteiger partial charge on any atom is -0.283 e. The first-order valence-corrected chi connectivity index (χ1v) is 6.14. The highest BCUT2D eigenvalue weighted by molar-refractivity contribution is 5.96. The number of imide groups is 1. The van der Waals surface area contributed by atoms with Crippen molar-refractivity contribution in [3.63, 3.8) is 0 Å². The highest BCUT2D eigenvalue weighted by atomic mass is 16.2. The molecule has 0 bridgehead atoms. The molecular formula is C15H19NO2. The van der Waals surface area contributed by atoms with Crippen LogP contribution in [0.15, 0.2) is 30.3 Å². The first-order valence-electron chi connectivity index (χ1n) is 8.14. The van der Waals surface area contributed by atoms with Gasteiger partial charge in [-0.1, -0.05) is 30.3 Å². The Morgan fingerprint density at radius 2 is 2.06 bits per heavy atom. The second kappa shape index (κ2) is 6.34. The average Bonchev–Trinajstić information content (AvgIpc) is 2.91. The summed E-state index contributed by atoms with van der Waals surface area (Å²) in [5.41, 5.74) is 0.454. The van der Waals surface area contributed by atoms with Crippen LogP contribution < -0.4 is 0 Å². The maximum absolute atomic E-state index is 12.1. The van der Waals surface area contributed by atoms with Crippen LogP contribution in [0.25, 0.3) is 0 Å². The number of aryl methyl sites for hydroxylation is 1. The van der Waals surface area contributed by atoms with Crippen LogP contribution >= 0.6 is 0 Å². The number of carbonyl (C=O) groups is 2. The number of nitrogens with zero attached hydrogens (tertiary/aromatic N) is 1. The monoisotopic (exact) mass is 249 g/mol. The van der Waals surface area contributed by atoms with Crippen LogP contribution in [0, 0.1) is 0 Å². The zero-order valence-electron chi connectivity index (χ0n) is 14.2. The third-order valence-corrected chi connectivity index (χ3v) is 2.82. The van der Waals surface area contributed by atoms with Gasteiger partial charge in [0, 0.05) is 24.8 Å². The summed E-state index contributed by atoms with van der Waals surface area (Å²) >= 11 is 0. The minimum atomic E-state index is -2.23. The molecule has 2 amide bonds. The average molecular weight is 249 g/mol. The van der Waals surface area contributed by atoms with Crippen molar-refractivity contribution in [3.8, 4) is 0 Å². The molecule has 0 N–H and O–H groups in total. The number of likely N-dealkylation sites (tertiary alicyclic amines) is 1. The Morgan fingerprint density at radius 1 is 1.28 bits per heavy atom. The SMILES string of the molecule is [2H]C([2H])(CCC([2H])([2H])c1ccccc1)C(=O)N1CCCC1=O. The lowest BCUT2D eigenvalue weighted by atomic mass is 10.1. The normalized spacial score (nSPS) is 20.0. The van der Waals surface area contributed by atoms with Gasteiger partial charge in [0.25, 0.3) is 0 Å². The molecule has 0 saturated carbocycles. The van der Waals surface area contributed by atoms with Crippen molar-refractivity contribution < 1.29 is 15.1 Å². The number of benzene rings is 1. The summed E-state index contributed by atoms with van der Waals surface area (Å²) < 4.78 is 31.9. The van der Waals surface area contributed by atoms with E-state index in [0.29, 0.717) is 12.0 Å². The lowest BCUT2D eigenvalue weighted by Gasteiger charge is -2.12. The van der Waals surface area contributed by atoms with Gasteiger partial charge in [-0.05, 0) is 31.2 Å². The fourth-order valence-electron chi connectivity index (χ4n) is 1.89. The fourth-order valence-corrected chi connectivity index (χ4v) is 1.89. The van der Waals surface area contributed by atoms with Gasteiger partial charge in [0.1, 0.15) is 0 Å². The van der Waals surface area contributed by atoms with Gasteiger partial charge in [0.15, 0.2) is 0 Å². The largest absolute Gasteiger partial charge is 0.283 e.